The predicted octanol–water partition coefficient (Wildman–Crippen LogP) is 5.62. The van der Waals surface area contributed by atoms with Gasteiger partial charge in [-0.1, -0.05) is 60.2 Å². The molecule has 1 aromatic heterocycles. The van der Waals surface area contributed by atoms with Gasteiger partial charge in [0.25, 0.3) is 0 Å². The Morgan fingerprint density at radius 2 is 1.70 bits per heavy atom. The molecule has 0 fully saturated rings. The van der Waals surface area contributed by atoms with Gasteiger partial charge in [-0.3, -0.25) is 4.79 Å². The van der Waals surface area contributed by atoms with E-state index in [4.69, 9.17) is 0 Å². The second-order valence-corrected chi connectivity index (χ2v) is 7.16. The van der Waals surface area contributed by atoms with Crippen molar-refractivity contribution in [3.8, 4) is 10.4 Å². The van der Waals surface area contributed by atoms with Crippen molar-refractivity contribution in [2.75, 3.05) is 0 Å². The number of ketones is 1. The summed E-state index contributed by atoms with van der Waals surface area (Å²) < 4.78 is 0. The Bertz CT molecular complexity index is 832. The van der Waals surface area contributed by atoms with Crippen molar-refractivity contribution >= 4 is 17.1 Å². The normalized spacial score (nSPS) is 13.5. The van der Waals surface area contributed by atoms with Crippen LogP contribution in [0.4, 0.5) is 0 Å². The molecule has 2 heteroatoms. The number of hydrogen-bond donors (Lipinski definition) is 0. The Labute approximate surface area is 141 Å². The Kier molecular flexibility index (Phi) is 4.18. The highest BCUT2D eigenvalue weighted by Crippen LogP contribution is 2.40. The van der Waals surface area contributed by atoms with E-state index in [0.29, 0.717) is 0 Å². The van der Waals surface area contributed by atoms with E-state index in [1.54, 1.807) is 18.3 Å². The van der Waals surface area contributed by atoms with E-state index in [9.17, 15) is 4.79 Å². The highest BCUT2D eigenvalue weighted by atomic mass is 32.1. The van der Waals surface area contributed by atoms with E-state index in [-0.39, 0.29) is 5.78 Å². The van der Waals surface area contributed by atoms with E-state index < -0.39 is 5.41 Å². The standard InChI is InChI=1S/C21H20OS/c1-15-8-7-9-17(14-15)19-12-13-20(23-19)21(3,16(2)22)18-10-5-4-6-11-18/h4-14H,1-3H3/t21-/m1/s1. The van der Waals surface area contributed by atoms with Gasteiger partial charge in [0.05, 0.1) is 5.41 Å². The highest BCUT2D eigenvalue weighted by molar-refractivity contribution is 7.15. The van der Waals surface area contributed by atoms with Crippen LogP contribution in [0.15, 0.2) is 66.7 Å². The number of carbonyl (C=O) groups is 1. The lowest BCUT2D eigenvalue weighted by molar-refractivity contribution is -0.120. The summed E-state index contributed by atoms with van der Waals surface area (Å²) in [6, 6.07) is 22.7. The fourth-order valence-electron chi connectivity index (χ4n) is 2.85. The van der Waals surface area contributed by atoms with Crippen LogP contribution in [-0.2, 0) is 10.2 Å². The molecule has 0 aliphatic carbocycles. The van der Waals surface area contributed by atoms with Gasteiger partial charge in [-0.15, -0.1) is 11.3 Å². The molecule has 1 atom stereocenters. The summed E-state index contributed by atoms with van der Waals surface area (Å²) in [7, 11) is 0. The van der Waals surface area contributed by atoms with E-state index in [1.165, 1.54) is 16.0 Å². The quantitative estimate of drug-likeness (QED) is 0.610. The SMILES string of the molecule is CC(=O)[C@](C)(c1ccccc1)c1ccc(-c2cccc(C)c2)s1. The minimum atomic E-state index is -0.589. The molecule has 0 amide bonds. The van der Waals surface area contributed by atoms with Gasteiger partial charge in [0.15, 0.2) is 0 Å². The lowest BCUT2D eigenvalue weighted by Crippen LogP contribution is -2.30. The average Bonchev–Trinajstić information content (AvgIpc) is 3.05. The fraction of sp³-hybridized carbons (Fsp3) is 0.190. The van der Waals surface area contributed by atoms with Crippen LogP contribution in [0.2, 0.25) is 0 Å². The lowest BCUT2D eigenvalue weighted by atomic mass is 9.78. The average molecular weight is 320 g/mol. The summed E-state index contributed by atoms with van der Waals surface area (Å²) in [5.41, 5.74) is 2.91. The molecule has 0 N–H and O–H groups in total. The number of aryl methyl sites for hydroxylation is 1. The summed E-state index contributed by atoms with van der Waals surface area (Å²) in [5.74, 6) is 0.168. The summed E-state index contributed by atoms with van der Waals surface area (Å²) >= 11 is 1.70. The largest absolute Gasteiger partial charge is 0.299 e. The zero-order valence-electron chi connectivity index (χ0n) is 13.7. The molecule has 3 rings (SSSR count). The molecule has 1 nitrogen and oxygen atoms in total. The number of hydrogen-bond acceptors (Lipinski definition) is 2. The van der Waals surface area contributed by atoms with Gasteiger partial charge in [0.1, 0.15) is 5.78 Å². The van der Waals surface area contributed by atoms with Crippen LogP contribution >= 0.6 is 11.3 Å². The Morgan fingerprint density at radius 3 is 2.35 bits per heavy atom. The maximum Gasteiger partial charge on any atom is 0.145 e. The van der Waals surface area contributed by atoms with Gasteiger partial charge < -0.3 is 0 Å². The molecular formula is C21H20OS. The number of carbonyl (C=O) groups excluding carboxylic acids is 1. The first kappa shape index (κ1) is 15.7. The molecule has 1 heterocycles. The molecule has 0 bridgehead atoms. The third-order valence-corrected chi connectivity index (χ3v) is 5.81. The minimum Gasteiger partial charge on any atom is -0.299 e. The summed E-state index contributed by atoms with van der Waals surface area (Å²) in [4.78, 5) is 14.8. The van der Waals surface area contributed by atoms with Gasteiger partial charge in [0.2, 0.25) is 0 Å². The van der Waals surface area contributed by atoms with E-state index in [1.807, 2.05) is 37.3 Å². The number of benzene rings is 2. The van der Waals surface area contributed by atoms with Crippen LogP contribution in [0.5, 0.6) is 0 Å². The van der Waals surface area contributed by atoms with Crippen LogP contribution in [0, 0.1) is 6.92 Å². The lowest BCUT2D eigenvalue weighted by Gasteiger charge is -2.26. The molecule has 2 aromatic carbocycles. The number of rotatable bonds is 4. The second-order valence-electron chi connectivity index (χ2n) is 6.08. The van der Waals surface area contributed by atoms with Gasteiger partial charge in [-0.05, 0) is 44.0 Å². The third-order valence-electron chi connectivity index (χ3n) is 4.46. The molecule has 0 saturated carbocycles. The van der Waals surface area contributed by atoms with Crippen LogP contribution < -0.4 is 0 Å². The highest BCUT2D eigenvalue weighted by Gasteiger charge is 2.35. The van der Waals surface area contributed by atoms with Gasteiger partial charge in [0, 0.05) is 9.75 Å². The third kappa shape index (κ3) is 2.87. The summed E-state index contributed by atoms with van der Waals surface area (Å²) in [6.45, 7) is 5.80. The first-order valence-corrected chi connectivity index (χ1v) is 8.57. The smallest absolute Gasteiger partial charge is 0.145 e. The van der Waals surface area contributed by atoms with Crippen molar-refractivity contribution in [1.82, 2.24) is 0 Å². The molecule has 0 radical (unpaired) electrons. The van der Waals surface area contributed by atoms with Crippen LogP contribution in [0.25, 0.3) is 10.4 Å². The van der Waals surface area contributed by atoms with Crippen molar-refractivity contribution in [2.45, 2.75) is 26.2 Å². The van der Waals surface area contributed by atoms with Crippen molar-refractivity contribution in [3.63, 3.8) is 0 Å². The molecule has 0 unspecified atom stereocenters. The van der Waals surface area contributed by atoms with E-state index in [2.05, 4.69) is 43.3 Å². The first-order valence-electron chi connectivity index (χ1n) is 7.76. The Morgan fingerprint density at radius 1 is 0.957 bits per heavy atom. The Balaban J connectivity index is 2.08. The van der Waals surface area contributed by atoms with Crippen LogP contribution in [-0.4, -0.2) is 5.78 Å². The number of Topliss-reactive ketones (excluding diaryl/α,β-unsaturated/α-hetero) is 1. The molecular weight excluding hydrogens is 300 g/mol. The van der Waals surface area contributed by atoms with Crippen LogP contribution in [0.1, 0.15) is 29.9 Å². The molecule has 0 aliphatic heterocycles. The molecule has 23 heavy (non-hydrogen) atoms. The van der Waals surface area contributed by atoms with Crippen molar-refractivity contribution in [1.29, 1.82) is 0 Å². The van der Waals surface area contributed by atoms with E-state index in [0.717, 1.165) is 10.4 Å². The molecule has 116 valence electrons. The maximum atomic E-state index is 12.5. The van der Waals surface area contributed by atoms with E-state index >= 15 is 0 Å². The van der Waals surface area contributed by atoms with Crippen molar-refractivity contribution in [2.24, 2.45) is 0 Å². The molecule has 3 aromatic rings. The van der Waals surface area contributed by atoms with Crippen molar-refractivity contribution in [3.05, 3.63) is 82.7 Å². The predicted molar refractivity (Wildman–Crippen MR) is 98.1 cm³/mol. The monoisotopic (exact) mass is 320 g/mol. The number of thiophene rings is 1. The topological polar surface area (TPSA) is 17.1 Å². The first-order chi connectivity index (χ1) is 11.0. The Hall–Kier alpha value is -2.19. The maximum absolute atomic E-state index is 12.5. The molecule has 0 aliphatic rings. The van der Waals surface area contributed by atoms with Gasteiger partial charge >= 0.3 is 0 Å². The zero-order chi connectivity index (χ0) is 16.4. The second kappa shape index (κ2) is 6.13. The van der Waals surface area contributed by atoms with Gasteiger partial charge in [-0.25, -0.2) is 0 Å². The zero-order valence-corrected chi connectivity index (χ0v) is 14.5. The van der Waals surface area contributed by atoms with Crippen molar-refractivity contribution < 1.29 is 4.79 Å². The summed E-state index contributed by atoms with van der Waals surface area (Å²) in [6.07, 6.45) is 0. The molecule has 0 spiro atoms. The minimum absolute atomic E-state index is 0.168. The van der Waals surface area contributed by atoms with Gasteiger partial charge in [-0.2, -0.15) is 0 Å². The summed E-state index contributed by atoms with van der Waals surface area (Å²) in [5, 5.41) is 0. The van der Waals surface area contributed by atoms with Crippen LogP contribution in [0.3, 0.4) is 0 Å². The molecule has 0 saturated heterocycles. The fourth-order valence-corrected chi connectivity index (χ4v) is 4.07.